The van der Waals surface area contributed by atoms with Crippen LogP contribution in [0.25, 0.3) is 0 Å². The summed E-state index contributed by atoms with van der Waals surface area (Å²) in [6, 6.07) is 9.67. The summed E-state index contributed by atoms with van der Waals surface area (Å²) in [4.78, 5) is 18.4. The van der Waals surface area contributed by atoms with Crippen molar-refractivity contribution in [2.24, 2.45) is 0 Å². The summed E-state index contributed by atoms with van der Waals surface area (Å²) in [5.41, 5.74) is 2.04. The number of carbonyl (C=O) groups excluding carboxylic acids is 1. The van der Waals surface area contributed by atoms with Crippen LogP contribution in [0, 0.1) is 0 Å². The number of halogens is 1. The van der Waals surface area contributed by atoms with Crippen molar-refractivity contribution in [3.8, 4) is 5.75 Å². The van der Waals surface area contributed by atoms with Gasteiger partial charge in [0.25, 0.3) is 0 Å². The fourth-order valence-corrected chi connectivity index (χ4v) is 4.62. The van der Waals surface area contributed by atoms with Crippen LogP contribution < -0.4 is 4.74 Å². The second-order valence-electron chi connectivity index (χ2n) is 5.33. The van der Waals surface area contributed by atoms with Crippen molar-refractivity contribution in [1.29, 1.82) is 0 Å². The molecule has 0 aliphatic carbocycles. The largest absolute Gasteiger partial charge is 0.496 e. The Morgan fingerprint density at radius 2 is 2.21 bits per heavy atom. The van der Waals surface area contributed by atoms with Gasteiger partial charge in [-0.05, 0) is 51.7 Å². The van der Waals surface area contributed by atoms with E-state index in [9.17, 15) is 4.79 Å². The summed E-state index contributed by atoms with van der Waals surface area (Å²) in [7, 11) is 1.63. The van der Waals surface area contributed by atoms with E-state index in [1.54, 1.807) is 24.4 Å². The van der Waals surface area contributed by atoms with Gasteiger partial charge in [0.1, 0.15) is 10.1 Å². The van der Waals surface area contributed by atoms with Crippen molar-refractivity contribution < 1.29 is 9.53 Å². The minimum atomic E-state index is -0.186. The zero-order chi connectivity index (χ0) is 17.1. The molecule has 0 radical (unpaired) electrons. The number of nitrogens with zero attached hydrogens (tertiary/aromatic N) is 2. The lowest BCUT2D eigenvalue weighted by Gasteiger charge is -2.15. The average Bonchev–Trinajstić information content (AvgIpc) is 2.84. The predicted octanol–water partition coefficient (Wildman–Crippen LogP) is 3.82. The summed E-state index contributed by atoms with van der Waals surface area (Å²) < 4.78 is 6.75. The van der Waals surface area contributed by atoms with Crippen LogP contribution in [0.1, 0.15) is 11.1 Å². The first kappa shape index (κ1) is 17.4. The van der Waals surface area contributed by atoms with Crippen LogP contribution in [0.2, 0.25) is 0 Å². The molecule has 24 heavy (non-hydrogen) atoms. The van der Waals surface area contributed by atoms with E-state index >= 15 is 0 Å². The highest BCUT2D eigenvalue weighted by Gasteiger charge is 2.36. The number of thioether (sulfide) groups is 1. The van der Waals surface area contributed by atoms with Gasteiger partial charge < -0.3 is 4.74 Å². The fraction of sp³-hybridized carbons (Fsp3) is 0.235. The van der Waals surface area contributed by atoms with Crippen molar-refractivity contribution >= 4 is 50.1 Å². The number of carbonyl (C=O) groups is 1. The van der Waals surface area contributed by atoms with Gasteiger partial charge in [-0.15, -0.1) is 0 Å². The summed E-state index contributed by atoms with van der Waals surface area (Å²) in [6.07, 6.45) is 4.11. The van der Waals surface area contributed by atoms with Gasteiger partial charge in [0.2, 0.25) is 5.91 Å². The van der Waals surface area contributed by atoms with Gasteiger partial charge in [-0.1, -0.05) is 36.1 Å². The third-order valence-electron chi connectivity index (χ3n) is 3.71. The van der Waals surface area contributed by atoms with Gasteiger partial charge >= 0.3 is 0 Å². The van der Waals surface area contributed by atoms with E-state index in [4.69, 9.17) is 17.0 Å². The van der Waals surface area contributed by atoms with Crippen LogP contribution in [-0.2, 0) is 17.8 Å². The summed E-state index contributed by atoms with van der Waals surface area (Å²) in [5.74, 6) is 0.832. The van der Waals surface area contributed by atoms with E-state index in [0.29, 0.717) is 17.3 Å². The quantitative estimate of drug-likeness (QED) is 0.684. The van der Waals surface area contributed by atoms with E-state index in [1.165, 1.54) is 11.8 Å². The summed E-state index contributed by atoms with van der Waals surface area (Å²) >= 11 is 10.3. The van der Waals surface area contributed by atoms with Gasteiger partial charge in [-0.3, -0.25) is 14.7 Å². The van der Waals surface area contributed by atoms with Gasteiger partial charge in [0.15, 0.2) is 0 Å². The molecule has 1 amide bonds. The Labute approximate surface area is 158 Å². The third kappa shape index (κ3) is 3.79. The minimum Gasteiger partial charge on any atom is -0.496 e. The van der Waals surface area contributed by atoms with Gasteiger partial charge in [0.05, 0.1) is 23.4 Å². The van der Waals surface area contributed by atoms with Gasteiger partial charge in [-0.2, -0.15) is 0 Å². The SMILES string of the molecule is COc1ccc(C[C@H]2SC(=S)N(Cc3cccnc3)C2=O)cc1Br. The Morgan fingerprint density at radius 3 is 2.88 bits per heavy atom. The highest BCUT2D eigenvalue weighted by atomic mass is 79.9. The molecule has 1 aromatic carbocycles. The molecule has 2 heterocycles. The average molecular weight is 423 g/mol. The van der Waals surface area contributed by atoms with Crippen LogP contribution in [0.3, 0.4) is 0 Å². The molecule has 1 atom stereocenters. The molecule has 1 fully saturated rings. The van der Waals surface area contributed by atoms with E-state index in [-0.39, 0.29) is 11.2 Å². The molecule has 1 saturated heterocycles. The first-order valence-electron chi connectivity index (χ1n) is 7.32. The van der Waals surface area contributed by atoms with Crippen molar-refractivity contribution in [3.63, 3.8) is 0 Å². The van der Waals surface area contributed by atoms with E-state index < -0.39 is 0 Å². The smallest absolute Gasteiger partial charge is 0.242 e. The van der Waals surface area contributed by atoms with E-state index in [0.717, 1.165) is 21.3 Å². The molecule has 4 nitrogen and oxygen atoms in total. The normalized spacial score (nSPS) is 17.4. The van der Waals surface area contributed by atoms with Gasteiger partial charge in [-0.25, -0.2) is 0 Å². The lowest BCUT2D eigenvalue weighted by atomic mass is 10.1. The Hall–Kier alpha value is -1.44. The maximum atomic E-state index is 12.7. The maximum absolute atomic E-state index is 12.7. The van der Waals surface area contributed by atoms with E-state index in [2.05, 4.69) is 20.9 Å². The van der Waals surface area contributed by atoms with E-state index in [1.807, 2.05) is 30.3 Å². The second-order valence-corrected chi connectivity index (χ2v) is 8.02. The standard InChI is InChI=1S/C17H15BrN2O2S2/c1-22-14-5-4-11(7-13(14)18)8-15-16(21)20(17(23)24-15)10-12-3-2-6-19-9-12/h2-7,9,15H,8,10H2,1H3/t15-/m1/s1. The van der Waals surface area contributed by atoms with Crippen LogP contribution in [-0.4, -0.2) is 32.5 Å². The summed E-state index contributed by atoms with van der Waals surface area (Å²) in [5, 5.41) is -0.186. The molecule has 0 saturated carbocycles. The van der Waals surface area contributed by atoms with Crippen LogP contribution >= 0.6 is 39.9 Å². The number of amides is 1. The molecule has 0 unspecified atom stereocenters. The third-order valence-corrected chi connectivity index (χ3v) is 5.91. The van der Waals surface area contributed by atoms with Crippen molar-refractivity contribution in [3.05, 3.63) is 58.3 Å². The number of methoxy groups -OCH3 is 1. The molecule has 2 aromatic rings. The molecule has 3 rings (SSSR count). The van der Waals surface area contributed by atoms with Gasteiger partial charge in [0, 0.05) is 12.4 Å². The van der Waals surface area contributed by atoms with Crippen LogP contribution in [0.15, 0.2) is 47.2 Å². The Kier molecular flexibility index (Phi) is 5.53. The molecular formula is C17H15BrN2O2S2. The molecule has 0 bridgehead atoms. The Balaban J connectivity index is 1.71. The molecule has 1 aliphatic rings. The highest BCUT2D eigenvalue weighted by Crippen LogP contribution is 2.33. The van der Waals surface area contributed by atoms with Crippen molar-refractivity contribution in [2.75, 3.05) is 7.11 Å². The number of aromatic nitrogens is 1. The Bertz CT molecular complexity index is 770. The maximum Gasteiger partial charge on any atom is 0.242 e. The first-order valence-corrected chi connectivity index (χ1v) is 9.40. The predicted molar refractivity (Wildman–Crippen MR) is 103 cm³/mol. The molecule has 124 valence electrons. The number of pyridine rings is 1. The number of hydrogen-bond donors (Lipinski definition) is 0. The number of hydrogen-bond acceptors (Lipinski definition) is 5. The van der Waals surface area contributed by atoms with Crippen molar-refractivity contribution in [2.45, 2.75) is 18.2 Å². The topological polar surface area (TPSA) is 42.4 Å². The Morgan fingerprint density at radius 1 is 1.38 bits per heavy atom. The number of ether oxygens (including phenoxy) is 1. The molecule has 1 aliphatic heterocycles. The van der Waals surface area contributed by atoms with Crippen LogP contribution in [0.5, 0.6) is 5.75 Å². The lowest BCUT2D eigenvalue weighted by Crippen LogP contribution is -2.31. The zero-order valence-electron chi connectivity index (χ0n) is 12.9. The lowest BCUT2D eigenvalue weighted by molar-refractivity contribution is -0.126. The van der Waals surface area contributed by atoms with Crippen LogP contribution in [0.4, 0.5) is 0 Å². The molecule has 0 N–H and O–H groups in total. The number of rotatable bonds is 5. The fourth-order valence-electron chi connectivity index (χ4n) is 2.50. The highest BCUT2D eigenvalue weighted by molar-refractivity contribution is 9.10. The molecule has 0 spiro atoms. The second kappa shape index (κ2) is 7.63. The summed E-state index contributed by atoms with van der Waals surface area (Å²) in [6.45, 7) is 0.474. The molecule has 1 aromatic heterocycles. The first-order chi connectivity index (χ1) is 11.6. The molecular weight excluding hydrogens is 408 g/mol. The number of thiocarbonyl (C=S) groups is 1. The monoisotopic (exact) mass is 422 g/mol. The number of benzene rings is 1. The zero-order valence-corrected chi connectivity index (χ0v) is 16.2. The molecule has 7 heteroatoms. The minimum absolute atomic E-state index is 0.0563. The van der Waals surface area contributed by atoms with Crippen molar-refractivity contribution in [1.82, 2.24) is 9.88 Å².